The summed E-state index contributed by atoms with van der Waals surface area (Å²) >= 11 is 0. The number of rotatable bonds is 4. The number of piperidine rings is 1. The maximum atomic E-state index is 4.73. The van der Waals surface area contributed by atoms with Gasteiger partial charge in [-0.1, -0.05) is 20.8 Å². The molecule has 2 aromatic heterocycles. The Labute approximate surface area is 125 Å². The van der Waals surface area contributed by atoms with E-state index in [1.807, 2.05) is 0 Å². The van der Waals surface area contributed by atoms with Crippen LogP contribution in [0.3, 0.4) is 0 Å². The zero-order valence-electron chi connectivity index (χ0n) is 13.1. The van der Waals surface area contributed by atoms with E-state index < -0.39 is 0 Å². The third-order valence-corrected chi connectivity index (χ3v) is 4.43. The van der Waals surface area contributed by atoms with Crippen LogP contribution in [0, 0.1) is 11.8 Å². The quantitative estimate of drug-likeness (QED) is 0.905. The Kier molecular flexibility index (Phi) is 3.94. The minimum absolute atomic E-state index is 0.678. The Morgan fingerprint density at radius 3 is 2.95 bits per heavy atom. The summed E-state index contributed by atoms with van der Waals surface area (Å²) in [6, 6.07) is 0. The zero-order valence-corrected chi connectivity index (χ0v) is 13.1. The SMILES string of the molecule is CCCNc1nc(N2CCC(C)C(C)C2)c2[nH]cnc2n1. The largest absolute Gasteiger partial charge is 0.354 e. The monoisotopic (exact) mass is 288 g/mol. The highest BCUT2D eigenvalue weighted by Gasteiger charge is 2.25. The molecule has 2 unspecified atom stereocenters. The van der Waals surface area contributed by atoms with Gasteiger partial charge in [0.2, 0.25) is 5.95 Å². The van der Waals surface area contributed by atoms with Gasteiger partial charge in [-0.2, -0.15) is 9.97 Å². The van der Waals surface area contributed by atoms with Gasteiger partial charge in [-0.25, -0.2) is 4.98 Å². The Balaban J connectivity index is 1.94. The van der Waals surface area contributed by atoms with Gasteiger partial charge >= 0.3 is 0 Å². The van der Waals surface area contributed by atoms with Crippen LogP contribution in [0.5, 0.6) is 0 Å². The van der Waals surface area contributed by atoms with Gasteiger partial charge in [0.05, 0.1) is 6.33 Å². The van der Waals surface area contributed by atoms with Gasteiger partial charge < -0.3 is 15.2 Å². The molecule has 2 aromatic rings. The molecular formula is C15H24N6. The summed E-state index contributed by atoms with van der Waals surface area (Å²) in [6.07, 6.45) is 3.95. The fourth-order valence-corrected chi connectivity index (χ4v) is 2.82. The first-order chi connectivity index (χ1) is 10.2. The summed E-state index contributed by atoms with van der Waals surface area (Å²) in [5, 5.41) is 3.27. The lowest BCUT2D eigenvalue weighted by Crippen LogP contribution is -2.39. The molecule has 0 saturated carbocycles. The molecule has 21 heavy (non-hydrogen) atoms. The van der Waals surface area contributed by atoms with Gasteiger partial charge in [0, 0.05) is 19.6 Å². The van der Waals surface area contributed by atoms with Crippen LogP contribution in [0.1, 0.15) is 33.6 Å². The first-order valence-electron chi connectivity index (χ1n) is 7.89. The van der Waals surface area contributed by atoms with Gasteiger partial charge in [0.1, 0.15) is 5.52 Å². The van der Waals surface area contributed by atoms with Crippen LogP contribution in [0.4, 0.5) is 11.8 Å². The van der Waals surface area contributed by atoms with E-state index in [2.05, 4.69) is 45.9 Å². The molecule has 1 aliphatic rings. The second kappa shape index (κ2) is 5.87. The smallest absolute Gasteiger partial charge is 0.226 e. The van der Waals surface area contributed by atoms with Crippen molar-refractivity contribution in [2.24, 2.45) is 11.8 Å². The first-order valence-corrected chi connectivity index (χ1v) is 7.89. The minimum atomic E-state index is 0.678. The lowest BCUT2D eigenvalue weighted by atomic mass is 9.89. The highest BCUT2D eigenvalue weighted by atomic mass is 15.3. The average molecular weight is 288 g/mol. The molecule has 0 aromatic carbocycles. The molecular weight excluding hydrogens is 264 g/mol. The number of aromatic amines is 1. The van der Waals surface area contributed by atoms with Gasteiger partial charge in [-0.3, -0.25) is 0 Å². The molecule has 3 heterocycles. The maximum absolute atomic E-state index is 4.73. The molecule has 1 aliphatic heterocycles. The summed E-state index contributed by atoms with van der Waals surface area (Å²) in [7, 11) is 0. The number of hydrogen-bond acceptors (Lipinski definition) is 5. The molecule has 1 saturated heterocycles. The molecule has 0 amide bonds. The predicted molar refractivity (Wildman–Crippen MR) is 85.6 cm³/mol. The molecule has 0 spiro atoms. The van der Waals surface area contributed by atoms with E-state index in [9.17, 15) is 0 Å². The number of imidazole rings is 1. The number of anilines is 2. The van der Waals surface area contributed by atoms with Crippen molar-refractivity contribution in [3.05, 3.63) is 6.33 Å². The Morgan fingerprint density at radius 1 is 1.33 bits per heavy atom. The topological polar surface area (TPSA) is 69.7 Å². The fourth-order valence-electron chi connectivity index (χ4n) is 2.82. The van der Waals surface area contributed by atoms with E-state index in [1.165, 1.54) is 6.42 Å². The number of nitrogens with one attached hydrogen (secondary N) is 2. The van der Waals surface area contributed by atoms with E-state index >= 15 is 0 Å². The molecule has 114 valence electrons. The summed E-state index contributed by atoms with van der Waals surface area (Å²) in [4.78, 5) is 19.1. The second-order valence-electron chi connectivity index (χ2n) is 6.09. The van der Waals surface area contributed by atoms with Crippen LogP contribution >= 0.6 is 0 Å². The molecule has 0 aliphatic carbocycles. The van der Waals surface area contributed by atoms with Crippen molar-refractivity contribution in [3.8, 4) is 0 Å². The van der Waals surface area contributed by atoms with Crippen LogP contribution in [0.25, 0.3) is 11.2 Å². The van der Waals surface area contributed by atoms with E-state index in [1.54, 1.807) is 6.33 Å². The molecule has 0 bridgehead atoms. The standard InChI is InChI=1S/C15H24N6/c1-4-6-16-15-19-13-12(17-9-18-13)14(20-15)21-7-5-10(2)11(3)8-21/h9-11H,4-8H2,1-3H3,(H2,16,17,18,19,20). The number of hydrogen-bond donors (Lipinski definition) is 2. The van der Waals surface area contributed by atoms with Gasteiger partial charge in [0.15, 0.2) is 11.5 Å². The Morgan fingerprint density at radius 2 is 2.19 bits per heavy atom. The maximum Gasteiger partial charge on any atom is 0.226 e. The molecule has 2 atom stereocenters. The minimum Gasteiger partial charge on any atom is -0.354 e. The van der Waals surface area contributed by atoms with Crippen LogP contribution in [-0.4, -0.2) is 39.6 Å². The van der Waals surface area contributed by atoms with Crippen molar-refractivity contribution in [3.63, 3.8) is 0 Å². The van der Waals surface area contributed by atoms with Crippen LogP contribution in [-0.2, 0) is 0 Å². The van der Waals surface area contributed by atoms with Crippen LogP contribution in [0.15, 0.2) is 6.33 Å². The first kappa shape index (κ1) is 14.1. The summed E-state index contributed by atoms with van der Waals surface area (Å²) in [5.41, 5.74) is 1.68. The van der Waals surface area contributed by atoms with Gasteiger partial charge in [-0.15, -0.1) is 0 Å². The van der Waals surface area contributed by atoms with Gasteiger partial charge in [-0.05, 0) is 24.7 Å². The van der Waals surface area contributed by atoms with Gasteiger partial charge in [0.25, 0.3) is 0 Å². The summed E-state index contributed by atoms with van der Waals surface area (Å²) in [5.74, 6) is 3.12. The van der Waals surface area contributed by atoms with E-state index in [0.717, 1.165) is 49.0 Å². The lowest BCUT2D eigenvalue weighted by Gasteiger charge is -2.36. The van der Waals surface area contributed by atoms with E-state index in [4.69, 9.17) is 4.98 Å². The van der Waals surface area contributed by atoms with Crippen molar-refractivity contribution >= 4 is 22.9 Å². The summed E-state index contributed by atoms with van der Waals surface area (Å²) < 4.78 is 0. The molecule has 6 heteroatoms. The predicted octanol–water partition coefficient (Wildman–Crippen LogP) is 2.66. The lowest BCUT2D eigenvalue weighted by molar-refractivity contribution is 0.323. The molecule has 1 fully saturated rings. The van der Waals surface area contributed by atoms with Crippen molar-refractivity contribution in [2.75, 3.05) is 29.9 Å². The fraction of sp³-hybridized carbons (Fsp3) is 0.667. The average Bonchev–Trinajstić information content (AvgIpc) is 2.95. The van der Waals surface area contributed by atoms with Crippen LogP contribution in [0.2, 0.25) is 0 Å². The Bertz CT molecular complexity index is 607. The van der Waals surface area contributed by atoms with Crippen LogP contribution < -0.4 is 10.2 Å². The number of nitrogens with zero attached hydrogens (tertiary/aromatic N) is 4. The zero-order chi connectivity index (χ0) is 14.8. The third-order valence-electron chi connectivity index (χ3n) is 4.43. The third kappa shape index (κ3) is 2.80. The molecule has 3 rings (SSSR count). The van der Waals surface area contributed by atoms with Crippen molar-refractivity contribution in [1.29, 1.82) is 0 Å². The second-order valence-corrected chi connectivity index (χ2v) is 6.09. The van der Waals surface area contributed by atoms with Crippen molar-refractivity contribution < 1.29 is 0 Å². The number of aromatic nitrogens is 4. The van der Waals surface area contributed by atoms with Crippen molar-refractivity contribution in [2.45, 2.75) is 33.6 Å². The molecule has 2 N–H and O–H groups in total. The van der Waals surface area contributed by atoms with E-state index in [0.29, 0.717) is 11.9 Å². The molecule has 6 nitrogen and oxygen atoms in total. The summed E-state index contributed by atoms with van der Waals surface area (Å²) in [6.45, 7) is 9.75. The number of fused-ring (bicyclic) bond motifs is 1. The highest BCUT2D eigenvalue weighted by Crippen LogP contribution is 2.29. The Hall–Kier alpha value is -1.85. The normalized spacial score (nSPS) is 22.7. The molecule has 0 radical (unpaired) electrons. The highest BCUT2D eigenvalue weighted by molar-refractivity contribution is 5.84. The van der Waals surface area contributed by atoms with Crippen molar-refractivity contribution in [1.82, 2.24) is 19.9 Å². The number of H-pyrrole nitrogens is 1. The van der Waals surface area contributed by atoms with E-state index in [-0.39, 0.29) is 0 Å².